The highest BCUT2D eigenvalue weighted by atomic mass is 16.2. The van der Waals surface area contributed by atoms with Crippen LogP contribution in [0.3, 0.4) is 0 Å². The van der Waals surface area contributed by atoms with E-state index < -0.39 is 0 Å². The molecule has 0 fully saturated rings. The topological polar surface area (TPSA) is 99.1 Å². The summed E-state index contributed by atoms with van der Waals surface area (Å²) in [6, 6.07) is 21.5. The van der Waals surface area contributed by atoms with Gasteiger partial charge in [-0.05, 0) is 61.5 Å². The molecule has 6 nitrogen and oxygen atoms in total. The van der Waals surface area contributed by atoms with Crippen molar-refractivity contribution in [2.24, 2.45) is 0 Å². The number of nitrogens with zero attached hydrogens (tertiary/aromatic N) is 1. The van der Waals surface area contributed by atoms with E-state index in [-0.39, 0.29) is 17.6 Å². The number of hydrogen-bond acceptors (Lipinski definition) is 4. The minimum atomic E-state index is -0.348. The smallest absolute Gasteiger partial charge is 0.255 e. The first kappa shape index (κ1) is 19.5. The van der Waals surface area contributed by atoms with E-state index >= 15 is 0 Å². The second-order valence-electron chi connectivity index (χ2n) is 6.32. The Bertz CT molecular complexity index is 1130. The van der Waals surface area contributed by atoms with Gasteiger partial charge in [0.05, 0.1) is 11.6 Å². The largest absolute Gasteiger partial charge is 0.322 e. The summed E-state index contributed by atoms with van der Waals surface area (Å²) < 4.78 is 0. The van der Waals surface area contributed by atoms with Crippen molar-refractivity contribution >= 4 is 29.0 Å². The number of hydrogen-bond donors (Lipinski definition) is 2. The number of carbonyl (C=O) groups is 3. The zero-order valence-electron chi connectivity index (χ0n) is 15.6. The van der Waals surface area contributed by atoms with Gasteiger partial charge in [0.1, 0.15) is 0 Å². The van der Waals surface area contributed by atoms with E-state index in [1.165, 1.54) is 6.92 Å². The molecule has 0 unspecified atom stereocenters. The Kier molecular flexibility index (Phi) is 5.81. The third-order valence-corrected chi connectivity index (χ3v) is 4.19. The van der Waals surface area contributed by atoms with Crippen LogP contribution in [0.4, 0.5) is 11.4 Å². The average Bonchev–Trinajstić information content (AvgIpc) is 2.74. The van der Waals surface area contributed by atoms with Crippen LogP contribution in [-0.4, -0.2) is 17.6 Å². The van der Waals surface area contributed by atoms with Gasteiger partial charge in [0.15, 0.2) is 5.78 Å². The molecule has 3 aromatic rings. The molecule has 29 heavy (non-hydrogen) atoms. The summed E-state index contributed by atoms with van der Waals surface area (Å²) in [6.07, 6.45) is 0. The minimum Gasteiger partial charge on any atom is -0.322 e. The fourth-order valence-electron chi connectivity index (χ4n) is 2.66. The van der Waals surface area contributed by atoms with Gasteiger partial charge in [0.2, 0.25) is 0 Å². The van der Waals surface area contributed by atoms with E-state index in [4.69, 9.17) is 5.26 Å². The lowest BCUT2D eigenvalue weighted by Crippen LogP contribution is -2.14. The maximum Gasteiger partial charge on any atom is 0.255 e. The maximum absolute atomic E-state index is 12.4. The monoisotopic (exact) mass is 383 g/mol. The molecule has 0 spiro atoms. The van der Waals surface area contributed by atoms with Gasteiger partial charge < -0.3 is 10.6 Å². The Morgan fingerprint density at radius 1 is 0.724 bits per heavy atom. The van der Waals surface area contributed by atoms with Crippen molar-refractivity contribution in [1.29, 1.82) is 5.26 Å². The summed E-state index contributed by atoms with van der Waals surface area (Å²) in [4.78, 5) is 36.2. The first-order valence-corrected chi connectivity index (χ1v) is 8.80. The van der Waals surface area contributed by atoms with Crippen LogP contribution in [-0.2, 0) is 0 Å². The second-order valence-corrected chi connectivity index (χ2v) is 6.32. The molecule has 2 amide bonds. The van der Waals surface area contributed by atoms with Crippen molar-refractivity contribution in [2.45, 2.75) is 6.92 Å². The van der Waals surface area contributed by atoms with Crippen LogP contribution in [0.1, 0.15) is 43.6 Å². The van der Waals surface area contributed by atoms with Crippen LogP contribution in [0.5, 0.6) is 0 Å². The molecular formula is C23H17N3O3. The third kappa shape index (κ3) is 4.93. The van der Waals surface area contributed by atoms with Crippen molar-refractivity contribution in [3.05, 3.63) is 95.1 Å². The lowest BCUT2D eigenvalue weighted by atomic mass is 10.1. The van der Waals surface area contributed by atoms with Gasteiger partial charge in [0, 0.05) is 28.1 Å². The summed E-state index contributed by atoms with van der Waals surface area (Å²) >= 11 is 0. The molecule has 3 aromatic carbocycles. The van der Waals surface area contributed by atoms with E-state index in [2.05, 4.69) is 10.6 Å². The zero-order chi connectivity index (χ0) is 20.8. The standard InChI is InChI=1S/C23H17N3O3/c1-15(27)19-5-3-7-21(13-19)26-23(29)18-10-8-17(9-11-18)22(28)25-20-6-2-4-16(12-20)14-24/h2-13H,1H3,(H,25,28)(H,26,29). The molecule has 3 rings (SSSR count). The van der Waals surface area contributed by atoms with Crippen LogP contribution in [0.2, 0.25) is 0 Å². The Morgan fingerprint density at radius 2 is 1.24 bits per heavy atom. The molecule has 0 atom stereocenters. The number of benzene rings is 3. The second kappa shape index (κ2) is 8.63. The Morgan fingerprint density at radius 3 is 1.76 bits per heavy atom. The van der Waals surface area contributed by atoms with Crippen LogP contribution in [0.15, 0.2) is 72.8 Å². The van der Waals surface area contributed by atoms with Crippen molar-refractivity contribution in [1.82, 2.24) is 0 Å². The van der Waals surface area contributed by atoms with E-state index in [0.717, 1.165) is 0 Å². The molecule has 0 aliphatic heterocycles. The summed E-state index contributed by atoms with van der Waals surface area (Å²) in [5.74, 6) is -0.780. The average molecular weight is 383 g/mol. The maximum atomic E-state index is 12.4. The number of rotatable bonds is 5. The molecular weight excluding hydrogens is 366 g/mol. The number of Topliss-reactive ketones (excluding diaryl/α,β-unsaturated/α-hetero) is 1. The van der Waals surface area contributed by atoms with Gasteiger partial charge >= 0.3 is 0 Å². The molecule has 142 valence electrons. The first-order chi connectivity index (χ1) is 14.0. The van der Waals surface area contributed by atoms with Crippen molar-refractivity contribution < 1.29 is 14.4 Å². The predicted molar refractivity (Wildman–Crippen MR) is 110 cm³/mol. The van der Waals surface area contributed by atoms with Gasteiger partial charge in [-0.1, -0.05) is 18.2 Å². The van der Waals surface area contributed by atoms with Gasteiger partial charge in [-0.15, -0.1) is 0 Å². The Hall–Kier alpha value is -4.24. The molecule has 0 aliphatic carbocycles. The van der Waals surface area contributed by atoms with Crippen LogP contribution in [0, 0.1) is 11.3 Å². The lowest BCUT2D eigenvalue weighted by molar-refractivity contribution is 0.101. The van der Waals surface area contributed by atoms with Crippen LogP contribution in [0.25, 0.3) is 0 Å². The van der Waals surface area contributed by atoms with E-state index in [1.54, 1.807) is 72.8 Å². The molecule has 0 saturated carbocycles. The highest BCUT2D eigenvalue weighted by Gasteiger charge is 2.11. The van der Waals surface area contributed by atoms with E-state index in [9.17, 15) is 14.4 Å². The molecule has 0 saturated heterocycles. The third-order valence-electron chi connectivity index (χ3n) is 4.19. The number of anilines is 2. The van der Waals surface area contributed by atoms with Gasteiger partial charge in [-0.3, -0.25) is 14.4 Å². The van der Waals surface area contributed by atoms with Crippen molar-refractivity contribution in [3.63, 3.8) is 0 Å². The number of nitrogens with one attached hydrogen (secondary N) is 2. The molecule has 0 radical (unpaired) electrons. The summed E-state index contributed by atoms with van der Waals surface area (Å²) in [7, 11) is 0. The van der Waals surface area contributed by atoms with Crippen LogP contribution >= 0.6 is 0 Å². The fourth-order valence-corrected chi connectivity index (χ4v) is 2.66. The molecule has 0 aromatic heterocycles. The predicted octanol–water partition coefficient (Wildman–Crippen LogP) is 4.27. The number of amides is 2. The molecule has 0 bridgehead atoms. The SMILES string of the molecule is CC(=O)c1cccc(NC(=O)c2ccc(C(=O)Nc3cccc(C#N)c3)cc2)c1. The molecule has 0 aliphatic rings. The highest BCUT2D eigenvalue weighted by molar-refractivity contribution is 6.07. The quantitative estimate of drug-likeness (QED) is 0.643. The molecule has 6 heteroatoms. The van der Waals surface area contributed by atoms with Crippen LogP contribution < -0.4 is 10.6 Å². The van der Waals surface area contributed by atoms with Gasteiger partial charge in [0.25, 0.3) is 11.8 Å². The zero-order valence-corrected chi connectivity index (χ0v) is 15.6. The van der Waals surface area contributed by atoms with Gasteiger partial charge in [-0.25, -0.2) is 0 Å². The number of nitriles is 1. The summed E-state index contributed by atoms with van der Waals surface area (Å²) in [5, 5.41) is 14.4. The highest BCUT2D eigenvalue weighted by Crippen LogP contribution is 2.15. The lowest BCUT2D eigenvalue weighted by Gasteiger charge is -2.08. The van der Waals surface area contributed by atoms with Crippen molar-refractivity contribution in [3.8, 4) is 6.07 Å². The van der Waals surface area contributed by atoms with E-state index in [1.807, 2.05) is 6.07 Å². The number of carbonyl (C=O) groups excluding carboxylic acids is 3. The first-order valence-electron chi connectivity index (χ1n) is 8.80. The Labute approximate surface area is 167 Å². The van der Waals surface area contributed by atoms with Gasteiger partial charge in [-0.2, -0.15) is 5.26 Å². The molecule has 0 heterocycles. The normalized spacial score (nSPS) is 9.93. The minimum absolute atomic E-state index is 0.0863. The molecule has 2 N–H and O–H groups in total. The van der Waals surface area contributed by atoms with Crippen molar-refractivity contribution in [2.75, 3.05) is 10.6 Å². The summed E-state index contributed by atoms with van der Waals surface area (Å²) in [5.41, 5.74) is 2.74. The summed E-state index contributed by atoms with van der Waals surface area (Å²) in [6.45, 7) is 1.46. The van der Waals surface area contributed by atoms with E-state index in [0.29, 0.717) is 33.6 Å². The fraction of sp³-hybridized carbons (Fsp3) is 0.0435. The Balaban J connectivity index is 1.68. The number of ketones is 1.